The first-order valence-corrected chi connectivity index (χ1v) is 14.4. The molecule has 1 nitrogen and oxygen atoms in total. The Morgan fingerprint density at radius 3 is 1.42 bits per heavy atom. The van der Waals surface area contributed by atoms with Crippen molar-refractivity contribution in [3.05, 3.63) is 84.9 Å². The van der Waals surface area contributed by atoms with Crippen molar-refractivity contribution in [1.29, 1.82) is 0 Å². The molecule has 1 aliphatic heterocycles. The van der Waals surface area contributed by atoms with Crippen molar-refractivity contribution in [3.8, 4) is 44.9 Å². The second-order valence-electron chi connectivity index (χ2n) is 11.4. The van der Waals surface area contributed by atoms with Crippen LogP contribution in [0.15, 0.2) is 84.9 Å². The van der Waals surface area contributed by atoms with Crippen LogP contribution >= 0.6 is 0 Å². The predicted molar refractivity (Wildman–Crippen MR) is 198 cm³/mol. The van der Waals surface area contributed by atoms with Crippen molar-refractivity contribution in [3.63, 3.8) is 0 Å². The van der Waals surface area contributed by atoms with Gasteiger partial charge in [-0.1, -0.05) is 88.6 Å². The number of ether oxygens (including phenoxy) is 1. The molecular weight excluding hydrogens is 535 g/mol. The van der Waals surface area contributed by atoms with Crippen LogP contribution in [0.3, 0.4) is 0 Å². The van der Waals surface area contributed by atoms with Gasteiger partial charge in [0.2, 0.25) is 0 Å². The van der Waals surface area contributed by atoms with E-state index in [2.05, 4.69) is 24.3 Å². The molecule has 16 radical (unpaired) electrons. The van der Waals surface area contributed by atoms with Gasteiger partial charge in [0.25, 0.3) is 0 Å². The highest BCUT2D eigenvalue weighted by atomic mass is 16.5. The molecule has 9 heteroatoms. The Morgan fingerprint density at radius 1 is 0.356 bits per heavy atom. The van der Waals surface area contributed by atoms with Gasteiger partial charge in [-0.05, 0) is 72.9 Å². The van der Waals surface area contributed by atoms with Gasteiger partial charge in [0.1, 0.15) is 74.3 Å². The number of hydrogen-bond donors (Lipinski definition) is 0. The number of rotatable bonds is 2. The van der Waals surface area contributed by atoms with Crippen LogP contribution in [0.2, 0.25) is 0 Å². The van der Waals surface area contributed by atoms with Gasteiger partial charge in [0, 0.05) is 10.9 Å². The molecule has 0 N–H and O–H groups in total. The first kappa shape index (κ1) is 28.1. The highest BCUT2D eigenvalue weighted by molar-refractivity contribution is 6.71. The van der Waals surface area contributed by atoms with Crippen molar-refractivity contribution in [2.45, 2.75) is 0 Å². The Bertz CT molecular complexity index is 2350. The van der Waals surface area contributed by atoms with Crippen LogP contribution < -0.4 is 48.4 Å². The molecule has 1 heterocycles. The molecule has 0 fully saturated rings. The summed E-state index contributed by atoms with van der Waals surface area (Å²) in [6, 6.07) is 27.8. The Labute approximate surface area is 272 Å². The minimum Gasteiger partial charge on any atom is -0.456 e. The van der Waals surface area contributed by atoms with Crippen molar-refractivity contribution < 1.29 is 4.74 Å². The van der Waals surface area contributed by atoms with Crippen LogP contribution in [0.5, 0.6) is 11.5 Å². The van der Waals surface area contributed by atoms with Gasteiger partial charge < -0.3 is 4.74 Å². The third-order valence-electron chi connectivity index (χ3n) is 9.03. The topological polar surface area (TPSA) is 9.23 Å². The van der Waals surface area contributed by atoms with E-state index in [1.165, 1.54) is 0 Å². The summed E-state index contributed by atoms with van der Waals surface area (Å²) >= 11 is 0. The lowest BCUT2D eigenvalue weighted by molar-refractivity contribution is 0.487. The molecule has 0 aliphatic carbocycles. The van der Waals surface area contributed by atoms with Crippen LogP contribution in [0.25, 0.3) is 65.7 Å². The molecular formula is C36H14B8O. The molecule has 45 heavy (non-hydrogen) atoms. The highest BCUT2D eigenvalue weighted by Gasteiger charge is 2.26. The number of fused-ring (bicyclic) bond motifs is 4. The second kappa shape index (κ2) is 10.1. The summed E-state index contributed by atoms with van der Waals surface area (Å²) in [5.74, 6) is 1.51. The maximum absolute atomic E-state index is 6.87. The molecule has 0 amide bonds. The third kappa shape index (κ3) is 3.86. The molecule has 0 saturated carbocycles. The normalized spacial score (nSPS) is 12.0. The first-order valence-electron chi connectivity index (χ1n) is 14.4. The minimum atomic E-state index is 0.176. The van der Waals surface area contributed by atoms with Crippen LogP contribution in [0, 0.1) is 0 Å². The summed E-state index contributed by atoms with van der Waals surface area (Å²) in [4.78, 5) is 0. The van der Waals surface area contributed by atoms with E-state index in [1.807, 2.05) is 60.7 Å². The summed E-state index contributed by atoms with van der Waals surface area (Å²) in [7, 11) is 53.4. The van der Waals surface area contributed by atoms with Crippen LogP contribution in [-0.4, -0.2) is 62.8 Å². The maximum atomic E-state index is 6.87. The Morgan fingerprint density at radius 2 is 0.867 bits per heavy atom. The standard InChI is InChI=1S/C36H14B8O/c37-29-25-23(16-6-2-1-3-7-16)26-28(32(40)36(44)34(42)30(26)38)24(27(25)31(39)35(43)33(29)41)17-12-13-20-19(14-17)18-10-4-8-15-9-5-11-21(45-20)22(15)18/h1-14H. The van der Waals surface area contributed by atoms with Crippen LogP contribution in [0.4, 0.5) is 0 Å². The molecule has 0 bridgehead atoms. The monoisotopic (exact) mass is 550 g/mol. The largest absolute Gasteiger partial charge is 0.456 e. The van der Waals surface area contributed by atoms with E-state index in [0.29, 0.717) is 38.4 Å². The highest BCUT2D eigenvalue weighted by Crippen LogP contribution is 2.49. The van der Waals surface area contributed by atoms with Gasteiger partial charge in [-0.3, -0.25) is 0 Å². The van der Waals surface area contributed by atoms with Gasteiger partial charge in [-0.25, -0.2) is 0 Å². The lowest BCUT2D eigenvalue weighted by Crippen LogP contribution is -2.50. The number of hydrogen-bond acceptors (Lipinski definition) is 1. The van der Waals surface area contributed by atoms with Crippen LogP contribution in [-0.2, 0) is 0 Å². The lowest BCUT2D eigenvalue weighted by Gasteiger charge is -2.29. The Kier molecular flexibility index (Phi) is 6.30. The molecule has 7 aromatic rings. The summed E-state index contributed by atoms with van der Waals surface area (Å²) in [6.45, 7) is 0. The molecule has 0 spiro atoms. The van der Waals surface area contributed by atoms with Crippen molar-refractivity contribution >= 4 is 139 Å². The first-order chi connectivity index (χ1) is 21.7. The zero-order valence-electron chi connectivity index (χ0n) is 24.1. The Hall–Kier alpha value is -4.36. The molecule has 0 unspecified atom stereocenters. The van der Waals surface area contributed by atoms with E-state index in [-0.39, 0.29) is 43.7 Å². The summed E-state index contributed by atoms with van der Waals surface area (Å²) in [6.07, 6.45) is 0. The quantitative estimate of drug-likeness (QED) is 0.227. The average molecular weight is 549 g/mol. The van der Waals surface area contributed by atoms with Gasteiger partial charge >= 0.3 is 0 Å². The second-order valence-corrected chi connectivity index (χ2v) is 11.4. The van der Waals surface area contributed by atoms with Crippen molar-refractivity contribution in [2.75, 3.05) is 0 Å². The minimum absolute atomic E-state index is 0.176. The van der Waals surface area contributed by atoms with E-state index < -0.39 is 0 Å². The summed E-state index contributed by atoms with van der Waals surface area (Å²) in [5.41, 5.74) is 6.63. The van der Waals surface area contributed by atoms with E-state index >= 15 is 0 Å². The van der Waals surface area contributed by atoms with Crippen molar-refractivity contribution in [2.24, 2.45) is 0 Å². The van der Waals surface area contributed by atoms with Gasteiger partial charge in [0.05, 0.1) is 0 Å². The molecule has 0 saturated heterocycles. The molecule has 7 aromatic carbocycles. The molecule has 188 valence electrons. The molecule has 0 aromatic heterocycles. The van der Waals surface area contributed by atoms with E-state index in [4.69, 9.17) is 67.5 Å². The third-order valence-corrected chi connectivity index (χ3v) is 9.03. The fraction of sp³-hybridized carbons (Fsp3) is 0. The van der Waals surface area contributed by atoms with E-state index in [1.54, 1.807) is 0 Å². The zero-order chi connectivity index (χ0) is 31.3. The SMILES string of the molecule is [B]c1c([B])c([B])c2c(-c3ccc4c(c3)-c3cccc5cccc(c35)O4)c3c([B])c([B])c([B])c([B])c3c(-c3ccccc3)c2c1[B]. The maximum Gasteiger partial charge on any atom is 0.135 e. The molecule has 0 atom stereocenters. The molecule has 1 aliphatic rings. The smallest absolute Gasteiger partial charge is 0.135 e. The van der Waals surface area contributed by atoms with Gasteiger partial charge in [-0.2, -0.15) is 0 Å². The Balaban J connectivity index is 1.61. The van der Waals surface area contributed by atoms with E-state index in [0.717, 1.165) is 38.8 Å². The van der Waals surface area contributed by atoms with Gasteiger partial charge in [-0.15, -0.1) is 21.9 Å². The fourth-order valence-electron chi connectivity index (χ4n) is 6.85. The summed E-state index contributed by atoms with van der Waals surface area (Å²) in [5, 5.41) is 4.44. The lowest BCUT2D eigenvalue weighted by atomic mass is 9.59. The van der Waals surface area contributed by atoms with Gasteiger partial charge in [0.15, 0.2) is 0 Å². The van der Waals surface area contributed by atoms with E-state index in [9.17, 15) is 0 Å². The average Bonchev–Trinajstić information content (AvgIpc) is 3.07. The van der Waals surface area contributed by atoms with Crippen molar-refractivity contribution in [1.82, 2.24) is 0 Å². The fourth-order valence-corrected chi connectivity index (χ4v) is 6.85. The summed E-state index contributed by atoms with van der Waals surface area (Å²) < 4.78 is 6.39. The molecule has 8 rings (SSSR count). The van der Waals surface area contributed by atoms with Crippen LogP contribution in [0.1, 0.15) is 0 Å². The predicted octanol–water partition coefficient (Wildman–Crippen LogP) is 0.603. The number of benzene rings is 7. The zero-order valence-corrected chi connectivity index (χ0v) is 24.1.